The number of thiazole rings is 1. The third kappa shape index (κ3) is 2.86. The second-order valence-electron chi connectivity index (χ2n) is 5.95. The Labute approximate surface area is 138 Å². The smallest absolute Gasteiger partial charge is 0.336 e. The predicted octanol–water partition coefficient (Wildman–Crippen LogP) is 3.16. The number of aromatic carboxylic acids is 1. The van der Waals surface area contributed by atoms with Gasteiger partial charge < -0.3 is 10.0 Å². The summed E-state index contributed by atoms with van der Waals surface area (Å²) in [6.45, 7) is 4.99. The number of fused-ring (bicyclic) bond motifs is 1. The molecule has 5 nitrogen and oxygen atoms in total. The fourth-order valence-corrected chi connectivity index (χ4v) is 3.73. The number of carbonyl (C=O) groups is 2. The summed E-state index contributed by atoms with van der Waals surface area (Å²) in [6.07, 6.45) is 0.670. The van der Waals surface area contributed by atoms with E-state index in [1.54, 1.807) is 22.5 Å². The number of nitrogens with zero attached hydrogens (tertiary/aromatic N) is 2. The fraction of sp³-hybridized carbons (Fsp3) is 0.353. The minimum atomic E-state index is -0.951. The summed E-state index contributed by atoms with van der Waals surface area (Å²) < 4.78 is 0. The summed E-state index contributed by atoms with van der Waals surface area (Å²) in [5.74, 6) is -0.818. The topological polar surface area (TPSA) is 70.5 Å². The zero-order valence-electron chi connectivity index (χ0n) is 13.1. The number of hydrogen-bond donors (Lipinski definition) is 1. The highest BCUT2D eigenvalue weighted by molar-refractivity contribution is 7.10. The first-order valence-electron chi connectivity index (χ1n) is 7.55. The van der Waals surface area contributed by atoms with Crippen LogP contribution in [-0.2, 0) is 13.0 Å². The summed E-state index contributed by atoms with van der Waals surface area (Å²) in [7, 11) is 0. The van der Waals surface area contributed by atoms with Crippen molar-refractivity contribution in [1.29, 1.82) is 0 Å². The monoisotopic (exact) mass is 330 g/mol. The molecule has 1 aromatic heterocycles. The second-order valence-corrected chi connectivity index (χ2v) is 6.83. The quantitative estimate of drug-likeness (QED) is 0.938. The van der Waals surface area contributed by atoms with E-state index >= 15 is 0 Å². The first-order valence-corrected chi connectivity index (χ1v) is 8.43. The van der Waals surface area contributed by atoms with Crippen molar-refractivity contribution < 1.29 is 14.7 Å². The molecule has 0 spiro atoms. The van der Waals surface area contributed by atoms with Crippen LogP contribution in [0.2, 0.25) is 0 Å². The van der Waals surface area contributed by atoms with Crippen LogP contribution in [0.1, 0.15) is 56.6 Å². The van der Waals surface area contributed by atoms with E-state index in [1.807, 2.05) is 19.9 Å². The van der Waals surface area contributed by atoms with E-state index in [9.17, 15) is 14.7 Å². The normalized spacial score (nSPS) is 14.0. The van der Waals surface area contributed by atoms with Gasteiger partial charge >= 0.3 is 5.97 Å². The molecule has 0 saturated heterocycles. The van der Waals surface area contributed by atoms with Crippen LogP contribution in [0.15, 0.2) is 23.7 Å². The van der Waals surface area contributed by atoms with Gasteiger partial charge in [0, 0.05) is 18.0 Å². The van der Waals surface area contributed by atoms with Gasteiger partial charge in [0.1, 0.15) is 5.69 Å². The molecule has 0 saturated carbocycles. The van der Waals surface area contributed by atoms with Crippen molar-refractivity contribution in [2.24, 2.45) is 0 Å². The average molecular weight is 330 g/mol. The van der Waals surface area contributed by atoms with Gasteiger partial charge in [0.05, 0.1) is 11.1 Å². The molecule has 0 unspecified atom stereocenters. The highest BCUT2D eigenvalue weighted by Gasteiger charge is 2.28. The lowest BCUT2D eigenvalue weighted by molar-refractivity contribution is 0.0676. The first kappa shape index (κ1) is 15.7. The second kappa shape index (κ2) is 6.12. The summed E-state index contributed by atoms with van der Waals surface area (Å²) in [5, 5.41) is 9.35. The van der Waals surface area contributed by atoms with Crippen LogP contribution in [0.5, 0.6) is 0 Å². The number of aromatic nitrogens is 1. The Bertz CT molecular complexity index is 767. The molecular formula is C17H18N2O3S. The van der Waals surface area contributed by atoms with E-state index in [0.29, 0.717) is 25.2 Å². The van der Waals surface area contributed by atoms with Crippen LogP contribution in [0.25, 0.3) is 0 Å². The van der Waals surface area contributed by atoms with Crippen molar-refractivity contribution >= 4 is 23.2 Å². The molecule has 6 heteroatoms. The van der Waals surface area contributed by atoms with E-state index in [0.717, 1.165) is 16.0 Å². The zero-order chi connectivity index (χ0) is 16.6. The van der Waals surface area contributed by atoms with Gasteiger partial charge in [-0.15, -0.1) is 11.3 Å². The van der Waals surface area contributed by atoms with Crippen molar-refractivity contribution in [3.05, 3.63) is 51.0 Å². The lowest BCUT2D eigenvalue weighted by Crippen LogP contribution is -2.37. The molecule has 0 aliphatic carbocycles. The Morgan fingerprint density at radius 2 is 2.13 bits per heavy atom. The summed E-state index contributed by atoms with van der Waals surface area (Å²) >= 11 is 1.49. The number of carboxylic acid groups (broad SMARTS) is 1. The van der Waals surface area contributed by atoms with Crippen molar-refractivity contribution in [1.82, 2.24) is 9.88 Å². The van der Waals surface area contributed by atoms with Crippen LogP contribution in [-0.4, -0.2) is 33.4 Å². The highest BCUT2D eigenvalue weighted by Crippen LogP contribution is 2.28. The van der Waals surface area contributed by atoms with E-state index in [1.165, 1.54) is 11.3 Å². The minimum absolute atomic E-state index is 0.110. The molecule has 3 rings (SSSR count). The molecular weight excluding hydrogens is 312 g/mol. The van der Waals surface area contributed by atoms with Crippen LogP contribution >= 0.6 is 11.3 Å². The van der Waals surface area contributed by atoms with E-state index < -0.39 is 5.97 Å². The van der Waals surface area contributed by atoms with Crippen molar-refractivity contribution in [3.8, 4) is 0 Å². The molecule has 2 aromatic rings. The lowest BCUT2D eigenvalue weighted by Gasteiger charge is -2.29. The van der Waals surface area contributed by atoms with Crippen molar-refractivity contribution in [2.45, 2.75) is 32.7 Å². The van der Waals surface area contributed by atoms with E-state index in [-0.39, 0.29) is 17.4 Å². The molecule has 0 fully saturated rings. The number of carboxylic acids is 1. The molecule has 120 valence electrons. The van der Waals surface area contributed by atoms with Crippen molar-refractivity contribution in [3.63, 3.8) is 0 Å². The van der Waals surface area contributed by atoms with Gasteiger partial charge in [-0.25, -0.2) is 9.78 Å². The predicted molar refractivity (Wildman–Crippen MR) is 88.0 cm³/mol. The number of rotatable bonds is 3. The van der Waals surface area contributed by atoms with Crippen LogP contribution in [0, 0.1) is 0 Å². The molecule has 1 aliphatic heterocycles. The maximum atomic E-state index is 12.8. The van der Waals surface area contributed by atoms with Gasteiger partial charge in [0.2, 0.25) is 0 Å². The van der Waals surface area contributed by atoms with E-state index in [2.05, 4.69) is 4.98 Å². The highest BCUT2D eigenvalue weighted by atomic mass is 32.1. The molecule has 1 N–H and O–H groups in total. The van der Waals surface area contributed by atoms with Crippen LogP contribution in [0.3, 0.4) is 0 Å². The number of carbonyl (C=O) groups excluding carboxylic acids is 1. The molecule has 1 aromatic carbocycles. The molecule has 0 bridgehead atoms. The fourth-order valence-electron chi connectivity index (χ4n) is 2.93. The maximum Gasteiger partial charge on any atom is 0.336 e. The van der Waals surface area contributed by atoms with Gasteiger partial charge in [0.15, 0.2) is 0 Å². The number of hydrogen-bond acceptors (Lipinski definition) is 4. The van der Waals surface area contributed by atoms with Gasteiger partial charge in [-0.3, -0.25) is 4.79 Å². The summed E-state index contributed by atoms with van der Waals surface area (Å²) in [6, 6.07) is 5.29. The average Bonchev–Trinajstić information content (AvgIpc) is 3.02. The SMILES string of the molecule is CC(C)c1scnc1C(=O)N1CCc2cccc(C(=O)O)c2C1. The Balaban J connectivity index is 1.91. The summed E-state index contributed by atoms with van der Waals surface area (Å²) in [4.78, 5) is 31.1. The number of benzene rings is 1. The molecule has 0 radical (unpaired) electrons. The van der Waals surface area contributed by atoms with Gasteiger partial charge in [-0.1, -0.05) is 26.0 Å². The Hall–Kier alpha value is -2.21. The third-order valence-corrected chi connectivity index (χ3v) is 5.24. The Morgan fingerprint density at radius 1 is 1.35 bits per heavy atom. The van der Waals surface area contributed by atoms with Gasteiger partial charge in [-0.2, -0.15) is 0 Å². The minimum Gasteiger partial charge on any atom is -0.478 e. The standard InChI is InChI=1S/C17H18N2O3S/c1-10(2)15-14(18-9-23-15)16(20)19-7-6-11-4-3-5-12(17(21)22)13(11)8-19/h3-5,9-10H,6-8H2,1-2H3,(H,21,22). The molecule has 23 heavy (non-hydrogen) atoms. The Kier molecular flexibility index (Phi) is 4.17. The van der Waals surface area contributed by atoms with Crippen LogP contribution in [0.4, 0.5) is 0 Å². The number of amides is 1. The zero-order valence-corrected chi connectivity index (χ0v) is 13.9. The van der Waals surface area contributed by atoms with Crippen LogP contribution < -0.4 is 0 Å². The van der Waals surface area contributed by atoms with E-state index in [4.69, 9.17) is 0 Å². The first-order chi connectivity index (χ1) is 11.0. The van der Waals surface area contributed by atoms with Crippen molar-refractivity contribution in [2.75, 3.05) is 6.54 Å². The largest absolute Gasteiger partial charge is 0.478 e. The molecule has 1 amide bonds. The van der Waals surface area contributed by atoms with Gasteiger partial charge in [0.25, 0.3) is 5.91 Å². The third-order valence-electron chi connectivity index (χ3n) is 4.11. The Morgan fingerprint density at radius 3 is 2.83 bits per heavy atom. The summed E-state index contributed by atoms with van der Waals surface area (Å²) in [5.41, 5.74) is 4.23. The molecule has 1 aliphatic rings. The van der Waals surface area contributed by atoms with Gasteiger partial charge in [-0.05, 0) is 29.5 Å². The molecule has 2 heterocycles. The molecule has 0 atom stereocenters. The maximum absolute atomic E-state index is 12.8. The lowest BCUT2D eigenvalue weighted by atomic mass is 9.94.